The van der Waals surface area contributed by atoms with Gasteiger partial charge in [-0.25, -0.2) is 9.97 Å². The van der Waals surface area contributed by atoms with Gasteiger partial charge in [-0.15, -0.1) is 0 Å². The minimum atomic E-state index is -0.186. The molecule has 1 fully saturated rings. The fraction of sp³-hybridized carbons (Fsp3) is 0.276. The third-order valence-electron chi connectivity index (χ3n) is 8.30. The van der Waals surface area contributed by atoms with E-state index in [0.717, 1.165) is 60.2 Å². The van der Waals surface area contributed by atoms with Gasteiger partial charge in [0.15, 0.2) is 5.81 Å². The zero-order valence-corrected chi connectivity index (χ0v) is 21.0. The lowest BCUT2D eigenvalue weighted by Crippen LogP contribution is -2.44. The molecule has 38 heavy (non-hydrogen) atoms. The van der Waals surface area contributed by atoms with Gasteiger partial charge in [0, 0.05) is 49.5 Å². The summed E-state index contributed by atoms with van der Waals surface area (Å²) in [5, 5.41) is 4.13. The van der Waals surface area contributed by atoms with Gasteiger partial charge in [-0.2, -0.15) is 0 Å². The highest BCUT2D eigenvalue weighted by molar-refractivity contribution is 7.04. The molecule has 0 atom stereocenters. The second-order valence-electron chi connectivity index (χ2n) is 10.4. The van der Waals surface area contributed by atoms with Gasteiger partial charge in [0.25, 0.3) is 12.6 Å². The van der Waals surface area contributed by atoms with Crippen LogP contribution >= 0.6 is 0 Å². The van der Waals surface area contributed by atoms with Crippen molar-refractivity contribution >= 4 is 46.3 Å². The molecule has 0 unspecified atom stereocenters. The summed E-state index contributed by atoms with van der Waals surface area (Å²) in [6.07, 6.45) is 5.94. The smallest absolute Gasteiger partial charge is 0.292 e. The van der Waals surface area contributed by atoms with Crippen molar-refractivity contribution in [3.8, 4) is 0 Å². The van der Waals surface area contributed by atoms with Crippen LogP contribution < -0.4 is 15.7 Å². The number of carbonyl (C=O) groups is 2. The molecule has 9 heteroatoms. The van der Waals surface area contributed by atoms with Gasteiger partial charge in [0.05, 0.1) is 5.52 Å². The highest BCUT2D eigenvalue weighted by Crippen LogP contribution is 2.34. The van der Waals surface area contributed by atoms with Crippen LogP contribution in [0, 0.1) is 0 Å². The van der Waals surface area contributed by atoms with Crippen molar-refractivity contribution in [2.75, 3.05) is 29.9 Å². The van der Waals surface area contributed by atoms with E-state index in [4.69, 9.17) is 0 Å². The fourth-order valence-corrected chi connectivity index (χ4v) is 6.27. The molecule has 4 aromatic rings. The highest BCUT2D eigenvalue weighted by atomic mass is 16.2. The van der Waals surface area contributed by atoms with Crippen molar-refractivity contribution < 1.29 is 9.59 Å². The van der Waals surface area contributed by atoms with E-state index in [0.29, 0.717) is 18.8 Å². The van der Waals surface area contributed by atoms with E-state index in [-0.39, 0.29) is 24.2 Å². The summed E-state index contributed by atoms with van der Waals surface area (Å²) in [4.78, 5) is 43.8. The molecule has 2 aromatic carbocycles. The van der Waals surface area contributed by atoms with Crippen LogP contribution in [0.5, 0.6) is 0 Å². The van der Waals surface area contributed by atoms with Crippen molar-refractivity contribution in [3.05, 3.63) is 83.9 Å². The van der Waals surface area contributed by atoms with Crippen molar-refractivity contribution in [2.45, 2.75) is 31.6 Å². The third-order valence-corrected chi connectivity index (χ3v) is 8.30. The van der Waals surface area contributed by atoms with Crippen LogP contribution in [-0.2, 0) is 13.0 Å². The molecule has 3 aliphatic heterocycles. The average Bonchev–Trinajstić information content (AvgIpc) is 3.33. The first kappa shape index (κ1) is 22.9. The standard InChI is InChI=1S/C29H27BN6O2/c37-28(36-12-9-19-5-1-2-6-20(19)17-36)25-15-26(33-18-32-25)35-13-10-21(11-14-35)30-23-16-31-24-8-4-3-7-22(24)27(23)34-29(30)38/h1-8,15-16,18,21H,9-14,17H2,(H,34,38). The summed E-state index contributed by atoms with van der Waals surface area (Å²) in [6, 6.07) is 18.0. The molecule has 7 rings (SSSR count). The van der Waals surface area contributed by atoms with E-state index in [1.807, 2.05) is 53.6 Å². The number of benzene rings is 2. The molecule has 0 radical (unpaired) electrons. The number of aromatic nitrogens is 3. The Morgan fingerprint density at radius 2 is 1.74 bits per heavy atom. The van der Waals surface area contributed by atoms with Crippen LogP contribution in [0.2, 0.25) is 5.82 Å². The highest BCUT2D eigenvalue weighted by Gasteiger charge is 2.43. The zero-order chi connectivity index (χ0) is 25.6. The summed E-state index contributed by atoms with van der Waals surface area (Å²) in [7, 11) is 0. The Kier molecular flexibility index (Phi) is 5.57. The van der Waals surface area contributed by atoms with Gasteiger partial charge in [-0.1, -0.05) is 42.5 Å². The Morgan fingerprint density at radius 3 is 2.61 bits per heavy atom. The summed E-state index contributed by atoms with van der Waals surface area (Å²) >= 11 is 0. The first-order valence-electron chi connectivity index (χ1n) is 13.3. The van der Waals surface area contributed by atoms with Crippen molar-refractivity contribution in [3.63, 3.8) is 0 Å². The molecule has 0 saturated carbocycles. The SMILES string of the molecule is O=C1Nc2c(cnc3ccccc23)B1C1CCN(c2cc(C(=O)N3CCc4ccccc4C3)ncn2)CC1. The number of nitrogens with zero attached hydrogens (tertiary/aromatic N) is 5. The Bertz CT molecular complexity index is 1570. The molecule has 2 aromatic heterocycles. The lowest BCUT2D eigenvalue weighted by atomic mass is 9.36. The van der Waals surface area contributed by atoms with E-state index in [2.05, 4.69) is 37.3 Å². The van der Waals surface area contributed by atoms with E-state index in [1.165, 1.54) is 17.5 Å². The first-order valence-corrected chi connectivity index (χ1v) is 13.3. The lowest BCUT2D eigenvalue weighted by Gasteiger charge is -2.34. The quantitative estimate of drug-likeness (QED) is 0.430. The normalized spacial score (nSPS) is 17.4. The van der Waals surface area contributed by atoms with Crippen LogP contribution in [-0.4, -0.2) is 57.9 Å². The molecule has 8 nitrogen and oxygen atoms in total. The van der Waals surface area contributed by atoms with E-state index >= 15 is 0 Å². The number of pyridine rings is 1. The molecule has 0 spiro atoms. The van der Waals surface area contributed by atoms with Crippen LogP contribution in [0.3, 0.4) is 0 Å². The molecule has 1 N–H and O–H groups in total. The third kappa shape index (κ3) is 3.89. The maximum atomic E-state index is 13.3. The predicted octanol–water partition coefficient (Wildman–Crippen LogP) is 3.72. The zero-order valence-electron chi connectivity index (χ0n) is 21.0. The number of hydrogen-bond acceptors (Lipinski definition) is 6. The van der Waals surface area contributed by atoms with Crippen molar-refractivity contribution in [1.82, 2.24) is 19.9 Å². The van der Waals surface area contributed by atoms with Crippen LogP contribution in [0.4, 0.5) is 16.3 Å². The first-order chi connectivity index (χ1) is 18.7. The minimum Gasteiger partial charge on any atom is -0.357 e. The Labute approximate surface area is 221 Å². The second-order valence-corrected chi connectivity index (χ2v) is 10.4. The molecule has 188 valence electrons. The Morgan fingerprint density at radius 1 is 0.947 bits per heavy atom. The summed E-state index contributed by atoms with van der Waals surface area (Å²) in [6.45, 7) is 2.65. The van der Waals surface area contributed by atoms with Gasteiger partial charge < -0.3 is 15.1 Å². The largest absolute Gasteiger partial charge is 0.357 e. The molecule has 0 bridgehead atoms. The van der Waals surface area contributed by atoms with Gasteiger partial charge >= 0.3 is 0 Å². The maximum absolute atomic E-state index is 13.3. The van der Waals surface area contributed by atoms with Crippen molar-refractivity contribution in [2.24, 2.45) is 0 Å². The number of carbonyl (C=O) groups excluding carboxylic acids is 2. The monoisotopic (exact) mass is 502 g/mol. The van der Waals surface area contributed by atoms with E-state index in [1.54, 1.807) is 0 Å². The predicted molar refractivity (Wildman–Crippen MR) is 148 cm³/mol. The van der Waals surface area contributed by atoms with Gasteiger partial charge in [0.2, 0.25) is 0 Å². The number of amides is 2. The average molecular weight is 502 g/mol. The number of piperidine rings is 1. The minimum absolute atomic E-state index is 0.0583. The topological polar surface area (TPSA) is 91.3 Å². The molecule has 2 amide bonds. The Hall–Kier alpha value is -4.27. The van der Waals surface area contributed by atoms with Crippen molar-refractivity contribution in [1.29, 1.82) is 0 Å². The number of para-hydroxylation sites is 1. The van der Waals surface area contributed by atoms with Gasteiger partial charge in [-0.05, 0) is 47.7 Å². The van der Waals surface area contributed by atoms with Gasteiger partial charge in [-0.3, -0.25) is 14.6 Å². The number of hydrogen-bond donors (Lipinski definition) is 1. The number of fused-ring (bicyclic) bond motifs is 4. The Balaban J connectivity index is 1.05. The summed E-state index contributed by atoms with van der Waals surface area (Å²) < 4.78 is 0. The maximum Gasteiger partial charge on any atom is 0.292 e. The lowest BCUT2D eigenvalue weighted by molar-refractivity contribution is 0.0728. The molecule has 1 saturated heterocycles. The van der Waals surface area contributed by atoms with Crippen LogP contribution in [0.25, 0.3) is 10.9 Å². The summed E-state index contributed by atoms with van der Waals surface area (Å²) in [5.41, 5.74) is 5.75. The molecule has 5 heterocycles. The summed E-state index contributed by atoms with van der Waals surface area (Å²) in [5.74, 6) is 1.00. The number of rotatable bonds is 3. The molecular weight excluding hydrogens is 475 g/mol. The van der Waals surface area contributed by atoms with Gasteiger partial charge in [0.1, 0.15) is 17.8 Å². The van der Waals surface area contributed by atoms with Crippen LogP contribution in [0.15, 0.2) is 67.1 Å². The van der Waals surface area contributed by atoms with Crippen LogP contribution in [0.1, 0.15) is 34.5 Å². The van der Waals surface area contributed by atoms with E-state index in [9.17, 15) is 9.59 Å². The van der Waals surface area contributed by atoms with E-state index < -0.39 is 0 Å². The molecular formula is C29H27BN6O2. The number of anilines is 2. The molecule has 0 aliphatic carbocycles. The molecule has 3 aliphatic rings. The second kappa shape index (κ2) is 9.24. The fourth-order valence-electron chi connectivity index (χ4n) is 6.27. The number of nitrogens with one attached hydrogen (secondary N) is 1.